The van der Waals surface area contributed by atoms with Gasteiger partial charge in [-0.2, -0.15) is 0 Å². The van der Waals surface area contributed by atoms with Crippen LogP contribution in [-0.2, 0) is 10.0 Å². The average Bonchev–Trinajstić information content (AvgIpc) is 2.38. The fourth-order valence-electron chi connectivity index (χ4n) is 1.60. The number of anilines is 1. The first-order valence-corrected chi connectivity index (χ1v) is 7.08. The second-order valence-corrected chi connectivity index (χ2v) is 5.73. The first-order chi connectivity index (χ1) is 9.38. The second kappa shape index (κ2) is 5.22. The molecule has 0 spiro atoms. The van der Waals surface area contributed by atoms with Gasteiger partial charge >= 0.3 is 0 Å². The van der Waals surface area contributed by atoms with Gasteiger partial charge in [-0.3, -0.25) is 9.52 Å². The van der Waals surface area contributed by atoms with E-state index < -0.39 is 15.9 Å². The smallest absolute Gasteiger partial charge is 0.262 e. The molecule has 6 nitrogen and oxygen atoms in total. The van der Waals surface area contributed by atoms with E-state index in [9.17, 15) is 18.3 Å². The molecular weight excluding hydrogens is 280 g/mol. The van der Waals surface area contributed by atoms with Gasteiger partial charge in [0, 0.05) is 17.3 Å². The molecule has 0 unspecified atom stereocenters. The van der Waals surface area contributed by atoms with Crippen LogP contribution in [-0.4, -0.2) is 19.4 Å². The quantitative estimate of drug-likeness (QED) is 0.788. The Kier molecular flexibility index (Phi) is 3.62. The number of hydrogen-bond acceptors (Lipinski definition) is 4. The Hall–Kier alpha value is -2.54. The molecular formula is C13H12N2O4S. The third kappa shape index (κ3) is 3.07. The molecule has 0 aliphatic rings. The number of carbonyl (C=O) groups excluding carboxylic acids is 1. The van der Waals surface area contributed by atoms with Gasteiger partial charge in [-0.05, 0) is 30.3 Å². The molecule has 0 saturated carbocycles. The summed E-state index contributed by atoms with van der Waals surface area (Å²) in [5.74, 6) is -0.804. The molecule has 7 heteroatoms. The van der Waals surface area contributed by atoms with Crippen LogP contribution >= 0.6 is 0 Å². The maximum absolute atomic E-state index is 12.1. The maximum atomic E-state index is 12.1. The monoisotopic (exact) mass is 292 g/mol. The molecule has 1 amide bonds. The van der Waals surface area contributed by atoms with Gasteiger partial charge in [0.1, 0.15) is 5.75 Å². The summed E-state index contributed by atoms with van der Waals surface area (Å²) in [6, 6.07) is 11.1. The number of phenolic OH excluding ortho intramolecular Hbond substituents is 1. The summed E-state index contributed by atoms with van der Waals surface area (Å²) in [5.41, 5.74) is 5.54. The van der Waals surface area contributed by atoms with Crippen LogP contribution in [0.25, 0.3) is 0 Å². The highest BCUT2D eigenvalue weighted by molar-refractivity contribution is 7.92. The lowest BCUT2D eigenvalue weighted by Gasteiger charge is -2.09. The van der Waals surface area contributed by atoms with Crippen LogP contribution in [0.15, 0.2) is 53.4 Å². The average molecular weight is 292 g/mol. The van der Waals surface area contributed by atoms with Crippen molar-refractivity contribution >= 4 is 21.6 Å². The third-order valence-electron chi connectivity index (χ3n) is 2.53. The van der Waals surface area contributed by atoms with Crippen molar-refractivity contribution in [2.75, 3.05) is 4.72 Å². The highest BCUT2D eigenvalue weighted by Crippen LogP contribution is 2.20. The maximum Gasteiger partial charge on any atom is 0.262 e. The number of amides is 1. The molecule has 0 fully saturated rings. The van der Waals surface area contributed by atoms with E-state index in [0.29, 0.717) is 0 Å². The Morgan fingerprint density at radius 1 is 1.10 bits per heavy atom. The van der Waals surface area contributed by atoms with E-state index in [1.54, 1.807) is 0 Å². The van der Waals surface area contributed by atoms with Crippen LogP contribution in [0.3, 0.4) is 0 Å². The van der Waals surface area contributed by atoms with Crippen LogP contribution in [0.4, 0.5) is 5.69 Å². The van der Waals surface area contributed by atoms with E-state index in [1.807, 2.05) is 0 Å². The van der Waals surface area contributed by atoms with Gasteiger partial charge in [0.15, 0.2) is 0 Å². The number of phenols is 1. The molecule has 2 rings (SSSR count). The van der Waals surface area contributed by atoms with Gasteiger partial charge < -0.3 is 10.8 Å². The second-order valence-electron chi connectivity index (χ2n) is 4.05. The molecule has 0 saturated heterocycles. The standard InChI is InChI=1S/C13H12N2O4S/c14-13(17)9-3-1-4-10(7-9)15-20(18,19)12-6-2-5-11(16)8-12/h1-8,15-16H,(H2,14,17). The lowest BCUT2D eigenvalue weighted by Crippen LogP contribution is -2.15. The van der Waals surface area contributed by atoms with Crippen LogP contribution in [0.5, 0.6) is 5.75 Å². The number of sulfonamides is 1. The molecule has 0 heterocycles. The van der Waals surface area contributed by atoms with E-state index in [4.69, 9.17) is 5.73 Å². The van der Waals surface area contributed by atoms with Crippen molar-refractivity contribution < 1.29 is 18.3 Å². The number of nitrogens with one attached hydrogen (secondary N) is 1. The molecule has 2 aromatic rings. The normalized spacial score (nSPS) is 11.0. The van der Waals surface area contributed by atoms with Gasteiger partial charge in [0.05, 0.1) is 4.90 Å². The van der Waals surface area contributed by atoms with Crippen LogP contribution in [0.1, 0.15) is 10.4 Å². The summed E-state index contributed by atoms with van der Waals surface area (Å²) in [6.07, 6.45) is 0. The SMILES string of the molecule is NC(=O)c1cccc(NS(=O)(=O)c2cccc(O)c2)c1. The Labute approximate surface area is 115 Å². The van der Waals surface area contributed by atoms with Crippen molar-refractivity contribution in [3.8, 4) is 5.75 Å². The van der Waals surface area contributed by atoms with Crippen molar-refractivity contribution in [2.24, 2.45) is 5.73 Å². The Balaban J connectivity index is 2.33. The van der Waals surface area contributed by atoms with E-state index >= 15 is 0 Å². The minimum Gasteiger partial charge on any atom is -0.508 e. The molecule has 104 valence electrons. The summed E-state index contributed by atoms with van der Waals surface area (Å²) in [4.78, 5) is 11.0. The van der Waals surface area contributed by atoms with Crippen molar-refractivity contribution in [1.29, 1.82) is 0 Å². The van der Waals surface area contributed by atoms with Crippen molar-refractivity contribution in [3.05, 3.63) is 54.1 Å². The predicted molar refractivity (Wildman–Crippen MR) is 73.9 cm³/mol. The first kappa shape index (κ1) is 13.9. The van der Waals surface area contributed by atoms with E-state index in [2.05, 4.69) is 4.72 Å². The molecule has 0 radical (unpaired) electrons. The molecule has 2 aromatic carbocycles. The fourth-order valence-corrected chi connectivity index (χ4v) is 2.69. The lowest BCUT2D eigenvalue weighted by atomic mass is 10.2. The summed E-state index contributed by atoms with van der Waals surface area (Å²) >= 11 is 0. The topological polar surface area (TPSA) is 109 Å². The lowest BCUT2D eigenvalue weighted by molar-refractivity contribution is 0.100. The van der Waals surface area contributed by atoms with E-state index in [0.717, 1.165) is 6.07 Å². The van der Waals surface area contributed by atoms with Gasteiger partial charge in [0.25, 0.3) is 10.0 Å². The molecule has 0 aromatic heterocycles. The van der Waals surface area contributed by atoms with Gasteiger partial charge in [-0.15, -0.1) is 0 Å². The Morgan fingerprint density at radius 3 is 2.45 bits per heavy atom. The number of carbonyl (C=O) groups is 1. The Morgan fingerprint density at radius 2 is 1.80 bits per heavy atom. The molecule has 0 bridgehead atoms. The number of benzene rings is 2. The highest BCUT2D eigenvalue weighted by atomic mass is 32.2. The highest BCUT2D eigenvalue weighted by Gasteiger charge is 2.15. The number of primary amides is 1. The van der Waals surface area contributed by atoms with Crippen molar-refractivity contribution in [1.82, 2.24) is 0 Å². The minimum atomic E-state index is -3.84. The number of aromatic hydroxyl groups is 1. The van der Waals surface area contributed by atoms with Gasteiger partial charge in [-0.25, -0.2) is 8.42 Å². The zero-order chi connectivity index (χ0) is 14.8. The number of nitrogens with two attached hydrogens (primary N) is 1. The van der Waals surface area contributed by atoms with E-state index in [-0.39, 0.29) is 21.9 Å². The molecule has 20 heavy (non-hydrogen) atoms. The predicted octanol–water partition coefficient (Wildman–Crippen LogP) is 1.29. The molecule has 0 atom stereocenters. The summed E-state index contributed by atoms with van der Waals surface area (Å²) in [7, 11) is -3.84. The van der Waals surface area contributed by atoms with Crippen LogP contribution in [0, 0.1) is 0 Å². The minimum absolute atomic E-state index is 0.0815. The number of hydrogen-bond donors (Lipinski definition) is 3. The summed E-state index contributed by atoms with van der Waals surface area (Å²) < 4.78 is 26.5. The van der Waals surface area contributed by atoms with Crippen molar-refractivity contribution in [3.63, 3.8) is 0 Å². The molecule has 0 aliphatic heterocycles. The molecule has 0 aliphatic carbocycles. The number of rotatable bonds is 4. The summed E-state index contributed by atoms with van der Waals surface area (Å²) in [5, 5.41) is 9.31. The van der Waals surface area contributed by atoms with Crippen molar-refractivity contribution in [2.45, 2.75) is 4.90 Å². The van der Waals surface area contributed by atoms with Crippen LogP contribution in [0.2, 0.25) is 0 Å². The Bertz CT molecular complexity index is 756. The first-order valence-electron chi connectivity index (χ1n) is 5.60. The summed E-state index contributed by atoms with van der Waals surface area (Å²) in [6.45, 7) is 0. The van der Waals surface area contributed by atoms with Gasteiger partial charge in [-0.1, -0.05) is 12.1 Å². The van der Waals surface area contributed by atoms with Gasteiger partial charge in [0.2, 0.25) is 5.91 Å². The zero-order valence-corrected chi connectivity index (χ0v) is 11.1. The largest absolute Gasteiger partial charge is 0.508 e. The van der Waals surface area contributed by atoms with Crippen LogP contribution < -0.4 is 10.5 Å². The third-order valence-corrected chi connectivity index (χ3v) is 3.91. The zero-order valence-electron chi connectivity index (χ0n) is 10.3. The molecule has 4 N–H and O–H groups in total. The van der Waals surface area contributed by atoms with E-state index in [1.165, 1.54) is 42.5 Å². The fraction of sp³-hybridized carbons (Fsp3) is 0.